The number of hydrogen-bond acceptors (Lipinski definition) is 2. The average molecular weight is 362 g/mol. The van der Waals surface area contributed by atoms with Crippen molar-refractivity contribution in [3.8, 4) is 0 Å². The van der Waals surface area contributed by atoms with E-state index in [9.17, 15) is 17.2 Å². The summed E-state index contributed by atoms with van der Waals surface area (Å²) in [5, 5.41) is 0. The summed E-state index contributed by atoms with van der Waals surface area (Å²) >= 11 is 3.27. The predicted octanol–water partition coefficient (Wildman–Crippen LogP) is 3.21. The van der Waals surface area contributed by atoms with E-state index in [1.807, 2.05) is 0 Å². The zero-order chi connectivity index (χ0) is 14.8. The highest BCUT2D eigenvalue weighted by Gasteiger charge is 2.16. The lowest BCUT2D eigenvalue weighted by Crippen LogP contribution is -2.23. The van der Waals surface area contributed by atoms with Gasteiger partial charge >= 0.3 is 0 Å². The highest BCUT2D eigenvalue weighted by molar-refractivity contribution is 9.10. The normalized spacial score (nSPS) is 11.6. The van der Waals surface area contributed by atoms with Crippen molar-refractivity contribution in [1.29, 1.82) is 0 Å². The molecule has 0 bridgehead atoms. The third-order valence-electron chi connectivity index (χ3n) is 2.53. The molecule has 0 saturated heterocycles. The van der Waals surface area contributed by atoms with Crippen molar-refractivity contribution < 1.29 is 17.2 Å². The Morgan fingerprint density at radius 1 is 1.00 bits per heavy atom. The molecule has 0 aliphatic rings. The minimum atomic E-state index is -3.96. The van der Waals surface area contributed by atoms with Crippen LogP contribution in [0.5, 0.6) is 0 Å². The van der Waals surface area contributed by atoms with Gasteiger partial charge in [0, 0.05) is 17.1 Å². The molecule has 0 fully saturated rings. The molecule has 0 aliphatic carbocycles. The van der Waals surface area contributed by atoms with Gasteiger partial charge in [0.25, 0.3) is 0 Å². The van der Waals surface area contributed by atoms with Crippen LogP contribution in [0.3, 0.4) is 0 Å². The largest absolute Gasteiger partial charge is 0.241 e. The minimum Gasteiger partial charge on any atom is -0.207 e. The average Bonchev–Trinajstić information content (AvgIpc) is 2.37. The number of rotatable bonds is 4. The van der Waals surface area contributed by atoms with Crippen molar-refractivity contribution in [1.82, 2.24) is 4.72 Å². The quantitative estimate of drug-likeness (QED) is 0.908. The van der Waals surface area contributed by atoms with Crippen molar-refractivity contribution >= 4 is 26.0 Å². The predicted molar refractivity (Wildman–Crippen MR) is 74.5 cm³/mol. The summed E-state index contributed by atoms with van der Waals surface area (Å²) in [6, 6.07) is 9.17. The highest BCUT2D eigenvalue weighted by atomic mass is 79.9. The molecule has 2 aromatic rings. The van der Waals surface area contributed by atoms with Crippen LogP contribution in [0.15, 0.2) is 51.8 Å². The maximum Gasteiger partial charge on any atom is 0.241 e. The second-order valence-electron chi connectivity index (χ2n) is 4.06. The molecule has 0 saturated carbocycles. The van der Waals surface area contributed by atoms with Gasteiger partial charge in [-0.15, -0.1) is 0 Å². The van der Waals surface area contributed by atoms with Crippen LogP contribution in [0.2, 0.25) is 0 Å². The summed E-state index contributed by atoms with van der Waals surface area (Å²) in [5.41, 5.74) is 0.730. The number of nitrogens with one attached hydrogen (secondary N) is 1. The molecule has 0 heterocycles. The van der Waals surface area contributed by atoms with Gasteiger partial charge in [0.2, 0.25) is 10.0 Å². The molecular weight excluding hydrogens is 352 g/mol. The van der Waals surface area contributed by atoms with E-state index in [-0.39, 0.29) is 6.54 Å². The zero-order valence-corrected chi connectivity index (χ0v) is 12.5. The Morgan fingerprint density at radius 3 is 2.10 bits per heavy atom. The third-order valence-corrected chi connectivity index (χ3v) is 4.44. The third kappa shape index (κ3) is 3.84. The summed E-state index contributed by atoms with van der Waals surface area (Å²) in [6.45, 7) is 0.0355. The maximum atomic E-state index is 13.0. The second-order valence-corrected chi connectivity index (χ2v) is 6.74. The van der Waals surface area contributed by atoms with Gasteiger partial charge in [0.1, 0.15) is 11.6 Å². The van der Waals surface area contributed by atoms with Gasteiger partial charge in [-0.25, -0.2) is 21.9 Å². The van der Waals surface area contributed by atoms with E-state index in [4.69, 9.17) is 0 Å². The number of sulfonamides is 1. The summed E-state index contributed by atoms with van der Waals surface area (Å²) in [4.78, 5) is -0.438. The van der Waals surface area contributed by atoms with Crippen molar-refractivity contribution in [2.24, 2.45) is 0 Å². The minimum absolute atomic E-state index is 0.0355. The van der Waals surface area contributed by atoms with E-state index >= 15 is 0 Å². The molecule has 0 atom stereocenters. The Bertz CT molecular complexity index is 697. The Hall–Kier alpha value is -1.31. The monoisotopic (exact) mass is 361 g/mol. The Kier molecular flexibility index (Phi) is 4.52. The molecule has 0 unspecified atom stereocenters. The van der Waals surface area contributed by atoms with E-state index < -0.39 is 26.6 Å². The van der Waals surface area contributed by atoms with E-state index in [1.54, 1.807) is 24.3 Å². The fraction of sp³-hybridized carbons (Fsp3) is 0.0769. The summed E-state index contributed by atoms with van der Waals surface area (Å²) < 4.78 is 53.1. The fourth-order valence-corrected chi connectivity index (χ4v) is 2.87. The van der Waals surface area contributed by atoms with Crippen LogP contribution in [0, 0.1) is 11.6 Å². The molecule has 7 heteroatoms. The number of benzene rings is 2. The Morgan fingerprint density at radius 2 is 1.55 bits per heavy atom. The topological polar surface area (TPSA) is 46.2 Å². The lowest BCUT2D eigenvalue weighted by molar-refractivity contribution is 0.561. The van der Waals surface area contributed by atoms with Gasteiger partial charge in [-0.3, -0.25) is 0 Å². The van der Waals surface area contributed by atoms with Gasteiger partial charge in [-0.1, -0.05) is 28.1 Å². The van der Waals surface area contributed by atoms with Crippen LogP contribution in [-0.4, -0.2) is 8.42 Å². The van der Waals surface area contributed by atoms with Crippen molar-refractivity contribution in [2.75, 3.05) is 0 Å². The SMILES string of the molecule is O=S(=O)(NCc1ccc(Br)cc1)c1cc(F)cc(F)c1. The van der Waals surface area contributed by atoms with Crippen LogP contribution in [0.25, 0.3) is 0 Å². The van der Waals surface area contributed by atoms with Crippen molar-refractivity contribution in [3.05, 3.63) is 64.1 Å². The fourth-order valence-electron chi connectivity index (χ4n) is 1.55. The molecule has 20 heavy (non-hydrogen) atoms. The molecule has 0 aromatic heterocycles. The summed E-state index contributed by atoms with van der Waals surface area (Å²) in [5.74, 6) is -1.87. The first-order valence-corrected chi connectivity index (χ1v) is 7.85. The first-order valence-electron chi connectivity index (χ1n) is 5.57. The molecule has 1 N–H and O–H groups in total. The van der Waals surface area contributed by atoms with Gasteiger partial charge in [0.15, 0.2) is 0 Å². The zero-order valence-electron chi connectivity index (χ0n) is 10.1. The first kappa shape index (κ1) is 15.1. The van der Waals surface area contributed by atoms with Crippen LogP contribution in [0.4, 0.5) is 8.78 Å². The summed E-state index contributed by atoms with van der Waals surface area (Å²) in [7, 11) is -3.96. The lowest BCUT2D eigenvalue weighted by atomic mass is 10.2. The smallest absolute Gasteiger partial charge is 0.207 e. The molecular formula is C13H10BrF2NO2S. The molecule has 0 radical (unpaired) electrons. The van der Waals surface area contributed by atoms with E-state index in [1.165, 1.54) is 0 Å². The van der Waals surface area contributed by atoms with Crippen molar-refractivity contribution in [2.45, 2.75) is 11.4 Å². The second kappa shape index (κ2) is 5.99. The summed E-state index contributed by atoms with van der Waals surface area (Å²) in [6.07, 6.45) is 0. The van der Waals surface area contributed by atoms with E-state index in [0.717, 1.165) is 22.2 Å². The number of halogens is 3. The van der Waals surface area contributed by atoms with Gasteiger partial charge in [0.05, 0.1) is 4.90 Å². The number of hydrogen-bond donors (Lipinski definition) is 1. The molecule has 106 valence electrons. The molecule has 0 aliphatic heterocycles. The van der Waals surface area contributed by atoms with E-state index in [0.29, 0.717) is 6.07 Å². The van der Waals surface area contributed by atoms with Gasteiger partial charge in [-0.05, 0) is 29.8 Å². The maximum absolute atomic E-state index is 13.0. The lowest BCUT2D eigenvalue weighted by Gasteiger charge is -2.07. The van der Waals surface area contributed by atoms with Gasteiger partial charge < -0.3 is 0 Å². The van der Waals surface area contributed by atoms with Gasteiger partial charge in [-0.2, -0.15) is 0 Å². The molecule has 0 amide bonds. The molecule has 2 aromatic carbocycles. The molecule has 3 nitrogen and oxygen atoms in total. The first-order chi connectivity index (χ1) is 9.37. The molecule has 0 spiro atoms. The standard InChI is InChI=1S/C13H10BrF2NO2S/c14-10-3-1-9(2-4-10)8-17-20(18,19)13-6-11(15)5-12(16)7-13/h1-7,17H,8H2. The van der Waals surface area contributed by atoms with Crippen LogP contribution < -0.4 is 4.72 Å². The molecule has 2 rings (SSSR count). The van der Waals surface area contributed by atoms with E-state index in [2.05, 4.69) is 20.7 Å². The van der Waals surface area contributed by atoms with Crippen LogP contribution in [0.1, 0.15) is 5.56 Å². The Balaban J connectivity index is 2.16. The highest BCUT2D eigenvalue weighted by Crippen LogP contribution is 2.15. The van der Waals surface area contributed by atoms with Crippen LogP contribution in [-0.2, 0) is 16.6 Å². The van der Waals surface area contributed by atoms with Crippen LogP contribution >= 0.6 is 15.9 Å². The Labute approximate surface area is 123 Å². The van der Waals surface area contributed by atoms with Crippen molar-refractivity contribution in [3.63, 3.8) is 0 Å².